The number of ketones is 1. The summed E-state index contributed by atoms with van der Waals surface area (Å²) in [5, 5.41) is 0. The lowest BCUT2D eigenvalue weighted by atomic mass is 10.1. The van der Waals surface area contributed by atoms with E-state index >= 15 is 0 Å². The number of benzene rings is 1. The number of aryl methyl sites for hydroxylation is 1. The van der Waals surface area contributed by atoms with Crippen molar-refractivity contribution in [3.63, 3.8) is 0 Å². The third kappa shape index (κ3) is 2.20. The molecule has 0 unspecified atom stereocenters. The highest BCUT2D eigenvalue weighted by Gasteiger charge is 2.10. The molecule has 1 aromatic heterocycles. The Morgan fingerprint density at radius 3 is 2.65 bits per heavy atom. The minimum atomic E-state index is -0.182. The van der Waals surface area contributed by atoms with Crippen molar-refractivity contribution in [3.8, 4) is 5.69 Å². The maximum Gasteiger partial charge on any atom is 0.330 e. The van der Waals surface area contributed by atoms with Crippen LogP contribution in [0, 0.1) is 6.92 Å². The molecule has 0 saturated carbocycles. The molecule has 2 rings (SSSR count). The van der Waals surface area contributed by atoms with Crippen molar-refractivity contribution in [1.82, 2.24) is 9.55 Å². The SMILES string of the molecule is CC(=O)Cc1ccccc1-n1c(C)c[nH]c1=O. The van der Waals surface area contributed by atoms with Gasteiger partial charge in [-0.1, -0.05) is 18.2 Å². The van der Waals surface area contributed by atoms with E-state index in [1.54, 1.807) is 17.7 Å². The van der Waals surface area contributed by atoms with Crippen LogP contribution in [0.25, 0.3) is 5.69 Å². The predicted molar refractivity (Wildman–Crippen MR) is 65.5 cm³/mol. The average molecular weight is 230 g/mol. The second-order valence-electron chi connectivity index (χ2n) is 4.08. The molecule has 0 aliphatic rings. The van der Waals surface area contributed by atoms with E-state index in [1.807, 2.05) is 31.2 Å². The molecule has 17 heavy (non-hydrogen) atoms. The molecule has 1 N–H and O–H groups in total. The van der Waals surface area contributed by atoms with Gasteiger partial charge in [-0.15, -0.1) is 0 Å². The maximum atomic E-state index is 11.7. The van der Waals surface area contributed by atoms with Crippen LogP contribution in [-0.4, -0.2) is 15.3 Å². The third-order valence-corrected chi connectivity index (χ3v) is 2.63. The molecule has 2 aromatic rings. The lowest BCUT2D eigenvalue weighted by Crippen LogP contribution is -2.18. The number of nitrogens with one attached hydrogen (secondary N) is 1. The van der Waals surface area contributed by atoms with Gasteiger partial charge in [-0.3, -0.25) is 9.36 Å². The Morgan fingerprint density at radius 1 is 1.35 bits per heavy atom. The van der Waals surface area contributed by atoms with Crippen LogP contribution in [0.3, 0.4) is 0 Å². The van der Waals surface area contributed by atoms with E-state index in [4.69, 9.17) is 0 Å². The van der Waals surface area contributed by atoms with Gasteiger partial charge in [-0.2, -0.15) is 0 Å². The molecular formula is C13H14N2O2. The van der Waals surface area contributed by atoms with Crippen molar-refractivity contribution in [1.29, 1.82) is 0 Å². The number of carbonyl (C=O) groups is 1. The van der Waals surface area contributed by atoms with Crippen LogP contribution in [-0.2, 0) is 11.2 Å². The molecular weight excluding hydrogens is 216 g/mol. The van der Waals surface area contributed by atoms with Gasteiger partial charge in [0.15, 0.2) is 0 Å². The smallest absolute Gasteiger partial charge is 0.312 e. The number of hydrogen-bond donors (Lipinski definition) is 1. The highest BCUT2D eigenvalue weighted by Crippen LogP contribution is 2.15. The Kier molecular flexibility index (Phi) is 2.95. The van der Waals surface area contributed by atoms with Gasteiger partial charge in [0.25, 0.3) is 0 Å². The summed E-state index contributed by atoms with van der Waals surface area (Å²) in [6.07, 6.45) is 2.00. The molecule has 0 fully saturated rings. The molecule has 88 valence electrons. The fourth-order valence-corrected chi connectivity index (χ4v) is 1.90. The Morgan fingerprint density at radius 2 is 2.06 bits per heavy atom. The molecule has 0 saturated heterocycles. The summed E-state index contributed by atoms with van der Waals surface area (Å²) in [4.78, 5) is 25.5. The number of rotatable bonds is 3. The Hall–Kier alpha value is -2.10. The minimum Gasteiger partial charge on any atom is -0.312 e. The number of carbonyl (C=O) groups excluding carboxylic acids is 1. The normalized spacial score (nSPS) is 10.5. The Bertz CT molecular complexity index is 608. The zero-order valence-electron chi connectivity index (χ0n) is 9.86. The minimum absolute atomic E-state index is 0.0821. The number of Topliss-reactive ketones (excluding diaryl/α,β-unsaturated/α-hetero) is 1. The number of hydrogen-bond acceptors (Lipinski definition) is 2. The molecule has 0 aliphatic carbocycles. The van der Waals surface area contributed by atoms with E-state index in [9.17, 15) is 9.59 Å². The van der Waals surface area contributed by atoms with Crippen LogP contribution < -0.4 is 5.69 Å². The van der Waals surface area contributed by atoms with Crippen LogP contribution >= 0.6 is 0 Å². The van der Waals surface area contributed by atoms with Crippen LogP contribution in [0.5, 0.6) is 0 Å². The zero-order valence-corrected chi connectivity index (χ0v) is 9.86. The van der Waals surface area contributed by atoms with E-state index in [-0.39, 0.29) is 11.5 Å². The first-order valence-electron chi connectivity index (χ1n) is 5.44. The number of H-pyrrole nitrogens is 1. The van der Waals surface area contributed by atoms with Crippen molar-refractivity contribution in [2.45, 2.75) is 20.3 Å². The van der Waals surface area contributed by atoms with Gasteiger partial charge in [0, 0.05) is 18.3 Å². The van der Waals surface area contributed by atoms with Gasteiger partial charge < -0.3 is 4.98 Å². The molecule has 4 nitrogen and oxygen atoms in total. The van der Waals surface area contributed by atoms with Gasteiger partial charge in [-0.25, -0.2) is 4.79 Å². The lowest BCUT2D eigenvalue weighted by Gasteiger charge is -2.09. The van der Waals surface area contributed by atoms with Gasteiger partial charge >= 0.3 is 5.69 Å². The van der Waals surface area contributed by atoms with Crippen molar-refractivity contribution < 1.29 is 4.79 Å². The van der Waals surface area contributed by atoms with E-state index in [0.29, 0.717) is 6.42 Å². The summed E-state index contributed by atoms with van der Waals surface area (Å²) in [6, 6.07) is 7.45. The van der Waals surface area contributed by atoms with Crippen molar-refractivity contribution in [3.05, 3.63) is 52.2 Å². The molecule has 0 spiro atoms. The van der Waals surface area contributed by atoms with Crippen LogP contribution in [0.2, 0.25) is 0 Å². The van der Waals surface area contributed by atoms with Crippen LogP contribution in [0.4, 0.5) is 0 Å². The summed E-state index contributed by atoms with van der Waals surface area (Å²) >= 11 is 0. The number of para-hydroxylation sites is 1. The molecule has 0 bridgehead atoms. The van der Waals surface area contributed by atoms with Crippen LogP contribution in [0.15, 0.2) is 35.3 Å². The van der Waals surface area contributed by atoms with Crippen molar-refractivity contribution >= 4 is 5.78 Å². The first-order chi connectivity index (χ1) is 8.09. The fraction of sp³-hybridized carbons (Fsp3) is 0.231. The average Bonchev–Trinajstić information content (AvgIpc) is 2.59. The van der Waals surface area contributed by atoms with Gasteiger partial charge in [-0.05, 0) is 25.5 Å². The molecule has 0 radical (unpaired) electrons. The Labute approximate surface area is 98.9 Å². The van der Waals surface area contributed by atoms with Crippen LogP contribution in [0.1, 0.15) is 18.2 Å². The topological polar surface area (TPSA) is 54.9 Å². The Balaban J connectivity index is 2.60. The number of aromatic nitrogens is 2. The zero-order chi connectivity index (χ0) is 12.4. The first-order valence-corrected chi connectivity index (χ1v) is 5.44. The predicted octanol–water partition coefficient (Wildman–Crippen LogP) is 1.61. The van der Waals surface area contributed by atoms with Gasteiger partial charge in [0.05, 0.1) is 5.69 Å². The second-order valence-corrected chi connectivity index (χ2v) is 4.08. The maximum absolute atomic E-state index is 11.7. The summed E-state index contributed by atoms with van der Waals surface area (Å²) in [5.41, 5.74) is 2.28. The number of imidazole rings is 1. The number of aromatic amines is 1. The van der Waals surface area contributed by atoms with E-state index in [2.05, 4.69) is 4.98 Å². The van der Waals surface area contributed by atoms with E-state index < -0.39 is 0 Å². The summed E-state index contributed by atoms with van der Waals surface area (Å²) in [6.45, 7) is 3.39. The van der Waals surface area contributed by atoms with Gasteiger partial charge in [0.2, 0.25) is 0 Å². The van der Waals surface area contributed by atoms with E-state index in [0.717, 1.165) is 16.9 Å². The largest absolute Gasteiger partial charge is 0.330 e. The summed E-state index contributed by atoms with van der Waals surface area (Å²) in [5.74, 6) is 0.0821. The number of nitrogens with zero attached hydrogens (tertiary/aromatic N) is 1. The monoisotopic (exact) mass is 230 g/mol. The van der Waals surface area contributed by atoms with Crippen molar-refractivity contribution in [2.75, 3.05) is 0 Å². The van der Waals surface area contributed by atoms with Gasteiger partial charge in [0.1, 0.15) is 5.78 Å². The summed E-state index contributed by atoms with van der Waals surface area (Å²) < 4.78 is 1.58. The quantitative estimate of drug-likeness (QED) is 0.870. The first kappa shape index (κ1) is 11.4. The molecule has 1 heterocycles. The van der Waals surface area contributed by atoms with E-state index in [1.165, 1.54) is 0 Å². The standard InChI is InChI=1S/C13H14N2O2/c1-9-8-14-13(17)15(9)12-6-4-3-5-11(12)7-10(2)16/h3-6,8H,7H2,1-2H3,(H,14,17). The highest BCUT2D eigenvalue weighted by molar-refractivity contribution is 5.79. The third-order valence-electron chi connectivity index (χ3n) is 2.63. The molecule has 1 aromatic carbocycles. The molecule has 0 aliphatic heterocycles. The molecule has 0 amide bonds. The highest BCUT2D eigenvalue weighted by atomic mass is 16.1. The molecule has 4 heteroatoms. The summed E-state index contributed by atoms with van der Waals surface area (Å²) in [7, 11) is 0. The lowest BCUT2D eigenvalue weighted by molar-refractivity contribution is -0.116. The van der Waals surface area contributed by atoms with Crippen molar-refractivity contribution in [2.24, 2.45) is 0 Å². The fourth-order valence-electron chi connectivity index (χ4n) is 1.90. The molecule has 0 atom stereocenters. The second kappa shape index (κ2) is 4.41.